The largest absolute Gasteiger partial charge is 0.381 e. The first-order valence-corrected chi connectivity index (χ1v) is 10.4. The van der Waals surface area contributed by atoms with E-state index >= 15 is 0 Å². The highest BCUT2D eigenvalue weighted by Gasteiger charge is 2.27. The van der Waals surface area contributed by atoms with E-state index in [1.54, 1.807) is 7.05 Å². The van der Waals surface area contributed by atoms with Crippen LogP contribution in [0, 0.1) is 12.3 Å². The quantitative estimate of drug-likeness (QED) is 0.734. The lowest BCUT2D eigenvalue weighted by atomic mass is 9.91. The molecule has 1 aliphatic heterocycles. The number of aryl methyl sites for hydroxylation is 2. The highest BCUT2D eigenvalue weighted by atomic mass is 16.2. The summed E-state index contributed by atoms with van der Waals surface area (Å²) in [5.41, 5.74) is 11.3. The summed E-state index contributed by atoms with van der Waals surface area (Å²) in [6.45, 7) is 12.5. The molecule has 1 aromatic heterocycles. The predicted molar refractivity (Wildman–Crippen MR) is 117 cm³/mol. The summed E-state index contributed by atoms with van der Waals surface area (Å²) in [5, 5.41) is 3.73. The lowest BCUT2D eigenvalue weighted by molar-refractivity contribution is -0.134. The van der Waals surface area contributed by atoms with E-state index in [1.165, 1.54) is 0 Å². The zero-order valence-corrected chi connectivity index (χ0v) is 18.4. The zero-order valence-electron chi connectivity index (χ0n) is 18.4. The second-order valence-corrected chi connectivity index (χ2v) is 8.89. The molecule has 1 aliphatic rings. The minimum Gasteiger partial charge on any atom is -0.381 e. The summed E-state index contributed by atoms with van der Waals surface area (Å²) in [6.07, 6.45) is 5.19. The van der Waals surface area contributed by atoms with Crippen LogP contribution in [0.15, 0.2) is 4.99 Å². The van der Waals surface area contributed by atoms with Gasteiger partial charge in [0.1, 0.15) is 0 Å². The number of carbonyl (C=O) groups excluding carboxylic acids is 1. The summed E-state index contributed by atoms with van der Waals surface area (Å²) in [7, 11) is 1.78. The Hall–Kier alpha value is -1.95. The molecule has 1 saturated heterocycles. The van der Waals surface area contributed by atoms with E-state index in [0.717, 1.165) is 60.6 Å². The molecule has 156 valence electrons. The highest BCUT2D eigenvalue weighted by Crippen LogP contribution is 2.28. The van der Waals surface area contributed by atoms with Gasteiger partial charge < -0.3 is 16.0 Å². The van der Waals surface area contributed by atoms with Crippen molar-refractivity contribution in [3.05, 3.63) is 22.5 Å². The van der Waals surface area contributed by atoms with Crippen molar-refractivity contribution < 1.29 is 4.79 Å². The minimum absolute atomic E-state index is 0.0295. The van der Waals surface area contributed by atoms with Crippen LogP contribution in [0.5, 0.6) is 0 Å². The average molecular weight is 388 g/mol. The molecule has 0 unspecified atom stereocenters. The van der Waals surface area contributed by atoms with Crippen LogP contribution in [-0.4, -0.2) is 48.2 Å². The van der Waals surface area contributed by atoms with Gasteiger partial charge in [0.05, 0.1) is 5.69 Å². The van der Waals surface area contributed by atoms with Crippen LogP contribution < -0.4 is 11.1 Å². The monoisotopic (exact) mass is 387 g/mol. The van der Waals surface area contributed by atoms with Crippen molar-refractivity contribution in [2.75, 3.05) is 25.5 Å². The average Bonchev–Trinajstić information content (AvgIpc) is 2.63. The number of pyridine rings is 1. The number of carbonyl (C=O) groups is 1. The second-order valence-electron chi connectivity index (χ2n) is 8.89. The molecule has 0 aromatic carbocycles. The fourth-order valence-corrected chi connectivity index (χ4v) is 3.82. The molecule has 1 aromatic rings. The summed E-state index contributed by atoms with van der Waals surface area (Å²) in [6, 6.07) is 0.319. The van der Waals surface area contributed by atoms with Crippen molar-refractivity contribution >= 4 is 17.8 Å². The van der Waals surface area contributed by atoms with Gasteiger partial charge in [-0.25, -0.2) is 0 Å². The number of hydrogen-bond acceptors (Lipinski definition) is 5. The fourth-order valence-electron chi connectivity index (χ4n) is 3.82. The Balaban J connectivity index is 2.16. The molecule has 0 bridgehead atoms. The molecule has 0 atom stereocenters. The van der Waals surface area contributed by atoms with Crippen molar-refractivity contribution in [3.63, 3.8) is 0 Å². The Morgan fingerprint density at radius 1 is 1.36 bits per heavy atom. The lowest BCUT2D eigenvalue weighted by Gasteiger charge is -2.35. The number of rotatable bonds is 6. The molecule has 6 heteroatoms. The number of likely N-dealkylation sites (tertiary alicyclic amines) is 1. The van der Waals surface area contributed by atoms with E-state index in [-0.39, 0.29) is 11.3 Å². The van der Waals surface area contributed by atoms with Crippen LogP contribution >= 0.6 is 0 Å². The molecule has 0 radical (unpaired) electrons. The standard InChI is InChI=1S/C22H37N5O/c1-7-19-17(13-23)21(18(14-24-6)15(2)25-19)26-16-8-10-27(11-9-16)20(28)12-22(3,4)5/h14,16H,7-13,23H2,1-6H3,(H,25,26). The van der Waals surface area contributed by atoms with Gasteiger partial charge in [-0.3, -0.25) is 14.8 Å². The molecule has 1 amide bonds. The molecule has 2 heterocycles. The van der Waals surface area contributed by atoms with Crippen LogP contribution in [-0.2, 0) is 17.8 Å². The molecule has 6 nitrogen and oxygen atoms in total. The maximum Gasteiger partial charge on any atom is 0.223 e. The molecule has 0 spiro atoms. The van der Waals surface area contributed by atoms with E-state index in [9.17, 15) is 4.79 Å². The van der Waals surface area contributed by atoms with E-state index in [4.69, 9.17) is 10.7 Å². The highest BCUT2D eigenvalue weighted by molar-refractivity contribution is 5.90. The summed E-state index contributed by atoms with van der Waals surface area (Å²) >= 11 is 0. The lowest BCUT2D eigenvalue weighted by Crippen LogP contribution is -2.43. The first-order chi connectivity index (χ1) is 13.2. The van der Waals surface area contributed by atoms with Crippen LogP contribution in [0.1, 0.15) is 69.5 Å². The van der Waals surface area contributed by atoms with Gasteiger partial charge in [0.15, 0.2) is 0 Å². The van der Waals surface area contributed by atoms with Crippen molar-refractivity contribution in [2.24, 2.45) is 16.1 Å². The number of amides is 1. The maximum absolute atomic E-state index is 12.5. The second kappa shape index (κ2) is 9.50. The van der Waals surface area contributed by atoms with Crippen molar-refractivity contribution in [1.29, 1.82) is 0 Å². The van der Waals surface area contributed by atoms with E-state index in [2.05, 4.69) is 38.0 Å². The Morgan fingerprint density at radius 2 is 2.00 bits per heavy atom. The van der Waals surface area contributed by atoms with Gasteiger partial charge in [0.2, 0.25) is 5.91 Å². The number of nitrogens with one attached hydrogen (secondary N) is 1. The smallest absolute Gasteiger partial charge is 0.223 e. The Morgan fingerprint density at radius 3 is 2.50 bits per heavy atom. The first kappa shape index (κ1) is 22.3. The molecular formula is C22H37N5O. The summed E-state index contributed by atoms with van der Waals surface area (Å²) < 4.78 is 0. The number of piperidine rings is 1. The molecule has 3 N–H and O–H groups in total. The summed E-state index contributed by atoms with van der Waals surface area (Å²) in [4.78, 5) is 23.5. The summed E-state index contributed by atoms with van der Waals surface area (Å²) in [5.74, 6) is 0.264. The number of anilines is 1. The van der Waals surface area contributed by atoms with Crippen molar-refractivity contribution in [1.82, 2.24) is 9.88 Å². The molecule has 0 aliphatic carbocycles. The number of hydrogen-bond donors (Lipinski definition) is 2. The van der Waals surface area contributed by atoms with Gasteiger partial charge in [-0.15, -0.1) is 0 Å². The third-order valence-electron chi connectivity index (χ3n) is 5.29. The van der Waals surface area contributed by atoms with Gasteiger partial charge in [-0.1, -0.05) is 27.7 Å². The Bertz CT molecular complexity index is 713. The predicted octanol–water partition coefficient (Wildman–Crippen LogP) is 3.30. The normalized spacial score (nSPS) is 16.0. The molecular weight excluding hydrogens is 350 g/mol. The molecule has 28 heavy (non-hydrogen) atoms. The van der Waals surface area contributed by atoms with Crippen LogP contribution in [0.2, 0.25) is 0 Å². The zero-order chi connectivity index (χ0) is 20.9. The van der Waals surface area contributed by atoms with Crippen LogP contribution in [0.3, 0.4) is 0 Å². The third kappa shape index (κ3) is 5.53. The molecule has 2 rings (SSSR count). The Kier molecular flexibility index (Phi) is 7.58. The molecule has 0 saturated carbocycles. The van der Waals surface area contributed by atoms with Crippen LogP contribution in [0.25, 0.3) is 0 Å². The Labute approximate surface area is 170 Å². The number of nitrogens with two attached hydrogens (primary N) is 1. The van der Waals surface area contributed by atoms with Crippen molar-refractivity contribution in [2.45, 2.75) is 72.9 Å². The van der Waals surface area contributed by atoms with Gasteiger partial charge in [-0.05, 0) is 31.6 Å². The maximum atomic E-state index is 12.5. The van der Waals surface area contributed by atoms with E-state index in [0.29, 0.717) is 19.0 Å². The molecule has 1 fully saturated rings. The number of nitrogens with zero attached hydrogens (tertiary/aromatic N) is 3. The topological polar surface area (TPSA) is 83.6 Å². The minimum atomic E-state index is 0.0295. The SMILES string of the molecule is CCc1nc(C)c(C=NC)c(NC2CCN(C(=O)CC(C)(C)C)CC2)c1CN. The van der Waals surface area contributed by atoms with Gasteiger partial charge in [0.25, 0.3) is 0 Å². The van der Waals surface area contributed by atoms with Gasteiger partial charge in [0, 0.05) is 67.9 Å². The fraction of sp³-hybridized carbons (Fsp3) is 0.682. The number of aliphatic imine (C=N–C) groups is 1. The third-order valence-corrected chi connectivity index (χ3v) is 5.29. The van der Waals surface area contributed by atoms with Crippen LogP contribution in [0.4, 0.5) is 5.69 Å². The first-order valence-electron chi connectivity index (χ1n) is 10.4. The van der Waals surface area contributed by atoms with Gasteiger partial charge >= 0.3 is 0 Å². The van der Waals surface area contributed by atoms with E-state index < -0.39 is 0 Å². The van der Waals surface area contributed by atoms with Crippen molar-refractivity contribution in [3.8, 4) is 0 Å². The van der Waals surface area contributed by atoms with Gasteiger partial charge in [-0.2, -0.15) is 0 Å². The number of aromatic nitrogens is 1. The van der Waals surface area contributed by atoms with E-state index in [1.807, 2.05) is 18.0 Å².